The zero-order valence-corrected chi connectivity index (χ0v) is 14.9. The van der Waals surface area contributed by atoms with E-state index in [0.29, 0.717) is 33.7 Å². The summed E-state index contributed by atoms with van der Waals surface area (Å²) in [5.41, 5.74) is 8.50. The molecule has 0 radical (unpaired) electrons. The predicted molar refractivity (Wildman–Crippen MR) is 99.2 cm³/mol. The summed E-state index contributed by atoms with van der Waals surface area (Å²) in [6.45, 7) is 0. The number of rotatable bonds is 3. The minimum Gasteiger partial charge on any atom is -0.366 e. The van der Waals surface area contributed by atoms with E-state index in [1.54, 1.807) is 24.3 Å². The van der Waals surface area contributed by atoms with Crippen LogP contribution in [0.2, 0.25) is 0 Å². The first kappa shape index (κ1) is 16.3. The maximum Gasteiger partial charge on any atom is 0.258 e. The lowest BCUT2D eigenvalue weighted by atomic mass is 10.0. The quantitative estimate of drug-likeness (QED) is 0.721. The monoisotopic (exact) mass is 409 g/mol. The summed E-state index contributed by atoms with van der Waals surface area (Å²) in [6, 6.07) is 13.7. The fourth-order valence-electron chi connectivity index (χ4n) is 3.03. The lowest BCUT2D eigenvalue weighted by Gasteiger charge is -2.07. The van der Waals surface area contributed by atoms with Gasteiger partial charge in [0, 0.05) is 10.0 Å². The lowest BCUT2D eigenvalue weighted by Crippen LogP contribution is -2.21. The molecule has 2 aromatic carbocycles. The molecule has 0 saturated heterocycles. The van der Waals surface area contributed by atoms with Crippen LogP contribution in [-0.4, -0.2) is 17.7 Å². The second-order valence-electron chi connectivity index (χ2n) is 5.86. The lowest BCUT2D eigenvalue weighted by molar-refractivity contribution is -0.117. The number of carbonyl (C=O) groups is 3. The van der Waals surface area contributed by atoms with Gasteiger partial charge in [-0.2, -0.15) is 0 Å². The van der Waals surface area contributed by atoms with E-state index < -0.39 is 5.91 Å². The molecule has 4 rings (SSSR count). The molecular formula is C19H12BrN3O3. The van der Waals surface area contributed by atoms with E-state index in [1.807, 2.05) is 24.3 Å². The van der Waals surface area contributed by atoms with Crippen LogP contribution in [0.4, 0.5) is 0 Å². The highest BCUT2D eigenvalue weighted by Gasteiger charge is 2.40. The summed E-state index contributed by atoms with van der Waals surface area (Å²) in [4.78, 5) is 36.3. The number of nitrogens with one attached hydrogen (secondary N) is 2. The first-order valence-corrected chi connectivity index (χ1v) is 8.53. The fraction of sp³-hybridized carbons (Fsp3) is 0. The van der Waals surface area contributed by atoms with Crippen LogP contribution in [0, 0.1) is 0 Å². The number of primary amides is 1. The number of nitrogens with two attached hydrogens (primary N) is 1. The number of hydrogen-bond acceptors (Lipinski definition) is 3. The molecule has 2 heterocycles. The van der Waals surface area contributed by atoms with Crippen molar-refractivity contribution in [2.45, 2.75) is 0 Å². The van der Waals surface area contributed by atoms with Gasteiger partial charge in [-0.05, 0) is 35.4 Å². The van der Waals surface area contributed by atoms with E-state index in [4.69, 9.17) is 5.73 Å². The molecule has 0 spiro atoms. The van der Waals surface area contributed by atoms with E-state index in [-0.39, 0.29) is 11.8 Å². The SMILES string of the molecule is NC(=O)c1ccc(C2=C3C(=O)NC(c4ccc(Br)cc4)=C3C(=O)N2)cc1. The summed E-state index contributed by atoms with van der Waals surface area (Å²) in [7, 11) is 0. The Labute approximate surface area is 156 Å². The van der Waals surface area contributed by atoms with E-state index in [0.717, 1.165) is 10.0 Å². The second-order valence-corrected chi connectivity index (χ2v) is 6.77. The fourth-order valence-corrected chi connectivity index (χ4v) is 3.30. The number of carbonyl (C=O) groups excluding carboxylic acids is 3. The highest BCUT2D eigenvalue weighted by molar-refractivity contribution is 9.10. The summed E-state index contributed by atoms with van der Waals surface area (Å²) in [6.07, 6.45) is 0. The molecule has 3 amide bonds. The summed E-state index contributed by atoms with van der Waals surface area (Å²) in [5.74, 6) is -1.23. The molecule has 0 atom stereocenters. The van der Waals surface area contributed by atoms with Crippen LogP contribution >= 0.6 is 15.9 Å². The average molecular weight is 410 g/mol. The molecule has 0 saturated carbocycles. The van der Waals surface area contributed by atoms with Crippen molar-refractivity contribution >= 4 is 45.0 Å². The van der Waals surface area contributed by atoms with Gasteiger partial charge in [0.1, 0.15) is 0 Å². The molecule has 26 heavy (non-hydrogen) atoms. The number of halogens is 1. The van der Waals surface area contributed by atoms with E-state index in [1.165, 1.54) is 0 Å². The van der Waals surface area contributed by atoms with Crippen LogP contribution in [-0.2, 0) is 9.59 Å². The van der Waals surface area contributed by atoms with Gasteiger partial charge in [-0.1, -0.05) is 40.2 Å². The molecule has 0 aliphatic carbocycles. The van der Waals surface area contributed by atoms with Gasteiger partial charge < -0.3 is 16.4 Å². The number of fused-ring (bicyclic) bond motifs is 1. The smallest absolute Gasteiger partial charge is 0.258 e. The van der Waals surface area contributed by atoms with Gasteiger partial charge in [0.15, 0.2) is 0 Å². The molecule has 2 aromatic rings. The maximum absolute atomic E-state index is 12.5. The van der Waals surface area contributed by atoms with Crippen molar-refractivity contribution < 1.29 is 14.4 Å². The van der Waals surface area contributed by atoms with Crippen LogP contribution in [0.5, 0.6) is 0 Å². The number of benzene rings is 2. The van der Waals surface area contributed by atoms with Crippen molar-refractivity contribution in [1.29, 1.82) is 0 Å². The van der Waals surface area contributed by atoms with E-state index in [2.05, 4.69) is 26.6 Å². The van der Waals surface area contributed by atoms with Gasteiger partial charge in [0.05, 0.1) is 22.5 Å². The third kappa shape index (κ3) is 2.53. The molecular weight excluding hydrogens is 398 g/mol. The minimum atomic E-state index is -0.540. The molecule has 0 fully saturated rings. The Morgan fingerprint density at radius 1 is 0.769 bits per heavy atom. The largest absolute Gasteiger partial charge is 0.366 e. The van der Waals surface area contributed by atoms with Crippen molar-refractivity contribution in [3.05, 3.63) is 80.8 Å². The van der Waals surface area contributed by atoms with Gasteiger partial charge >= 0.3 is 0 Å². The third-order valence-corrected chi connectivity index (χ3v) is 4.80. The van der Waals surface area contributed by atoms with Crippen molar-refractivity contribution in [3.8, 4) is 0 Å². The first-order valence-electron chi connectivity index (χ1n) is 7.73. The summed E-state index contributed by atoms with van der Waals surface area (Å²) in [5, 5.41) is 5.54. The van der Waals surface area contributed by atoms with Crippen LogP contribution in [0.1, 0.15) is 21.5 Å². The predicted octanol–water partition coefficient (Wildman–Crippen LogP) is 1.93. The molecule has 128 valence electrons. The van der Waals surface area contributed by atoms with Crippen molar-refractivity contribution in [2.24, 2.45) is 5.73 Å². The normalized spacial score (nSPS) is 15.9. The Kier molecular flexibility index (Phi) is 3.73. The first-order chi connectivity index (χ1) is 12.5. The van der Waals surface area contributed by atoms with Gasteiger partial charge in [0.2, 0.25) is 5.91 Å². The van der Waals surface area contributed by atoms with Gasteiger partial charge in [-0.25, -0.2) is 0 Å². The zero-order chi connectivity index (χ0) is 18.4. The molecule has 2 aliphatic rings. The van der Waals surface area contributed by atoms with Crippen molar-refractivity contribution in [1.82, 2.24) is 10.6 Å². The molecule has 6 nitrogen and oxygen atoms in total. The topological polar surface area (TPSA) is 101 Å². The minimum absolute atomic E-state index is 0.305. The third-order valence-electron chi connectivity index (χ3n) is 4.27. The van der Waals surface area contributed by atoms with Crippen LogP contribution in [0.3, 0.4) is 0 Å². The van der Waals surface area contributed by atoms with E-state index in [9.17, 15) is 14.4 Å². The van der Waals surface area contributed by atoms with Gasteiger partial charge in [-0.3, -0.25) is 14.4 Å². The summed E-state index contributed by atoms with van der Waals surface area (Å²) < 4.78 is 0.901. The standard InChI is InChI=1S/C19H12BrN3O3/c20-12-7-5-10(6-8-12)16-14-13(18(25)23-16)15(22-19(14)26)9-1-3-11(4-2-9)17(21)24/h1-8H,(H2,21,24)(H,22,26)(H,23,25). The number of amides is 3. The Bertz CT molecular complexity index is 1030. The molecule has 0 unspecified atom stereocenters. The average Bonchev–Trinajstić information content (AvgIpc) is 3.15. The molecule has 7 heteroatoms. The second kappa shape index (κ2) is 5.96. The summed E-state index contributed by atoms with van der Waals surface area (Å²) >= 11 is 3.37. The highest BCUT2D eigenvalue weighted by Crippen LogP contribution is 2.37. The Morgan fingerprint density at radius 3 is 1.62 bits per heavy atom. The van der Waals surface area contributed by atoms with Crippen molar-refractivity contribution in [2.75, 3.05) is 0 Å². The Morgan fingerprint density at radius 2 is 1.19 bits per heavy atom. The number of hydrogen-bond donors (Lipinski definition) is 3. The Balaban J connectivity index is 1.83. The van der Waals surface area contributed by atoms with Crippen LogP contribution < -0.4 is 16.4 Å². The Hall–Kier alpha value is -3.19. The molecule has 0 aromatic heterocycles. The molecule has 0 bridgehead atoms. The maximum atomic E-state index is 12.5. The van der Waals surface area contributed by atoms with Gasteiger partial charge in [0.25, 0.3) is 11.8 Å². The van der Waals surface area contributed by atoms with Crippen LogP contribution in [0.15, 0.2) is 64.1 Å². The molecule has 4 N–H and O–H groups in total. The molecule has 2 aliphatic heterocycles. The van der Waals surface area contributed by atoms with Crippen LogP contribution in [0.25, 0.3) is 11.4 Å². The highest BCUT2D eigenvalue weighted by atomic mass is 79.9. The van der Waals surface area contributed by atoms with Gasteiger partial charge in [-0.15, -0.1) is 0 Å². The zero-order valence-electron chi connectivity index (χ0n) is 13.3. The van der Waals surface area contributed by atoms with E-state index >= 15 is 0 Å². The van der Waals surface area contributed by atoms with Crippen molar-refractivity contribution in [3.63, 3.8) is 0 Å².